The van der Waals surface area contributed by atoms with Gasteiger partial charge in [0.1, 0.15) is 0 Å². The first-order chi connectivity index (χ1) is 12.1. The maximum Gasteiger partial charge on any atom is 0.236 e. The Kier molecular flexibility index (Phi) is 8.84. The molecule has 142 valence electrons. The van der Waals surface area contributed by atoms with Crippen LogP contribution < -0.4 is 0 Å². The van der Waals surface area contributed by atoms with Crippen molar-refractivity contribution >= 4 is 17.2 Å². The molecule has 6 nitrogen and oxygen atoms in total. The molecule has 0 aromatic carbocycles. The van der Waals surface area contributed by atoms with Crippen LogP contribution in [0.25, 0.3) is 0 Å². The highest BCUT2D eigenvalue weighted by Crippen LogP contribution is 2.10. The van der Waals surface area contributed by atoms with E-state index in [0.717, 1.165) is 39.3 Å². The quantitative estimate of drug-likeness (QED) is 0.670. The zero-order valence-corrected chi connectivity index (χ0v) is 16.2. The fourth-order valence-electron chi connectivity index (χ4n) is 3.04. The van der Waals surface area contributed by atoms with E-state index in [1.54, 1.807) is 11.3 Å². The van der Waals surface area contributed by atoms with E-state index in [2.05, 4.69) is 9.80 Å². The minimum absolute atomic E-state index is 0.209. The fraction of sp³-hybridized carbons (Fsp3) is 0.722. The van der Waals surface area contributed by atoms with E-state index in [4.69, 9.17) is 4.74 Å². The Bertz CT molecular complexity index is 486. The van der Waals surface area contributed by atoms with Gasteiger partial charge in [-0.1, -0.05) is 6.07 Å². The van der Waals surface area contributed by atoms with Crippen molar-refractivity contribution in [2.45, 2.75) is 26.6 Å². The molecule has 7 heteroatoms. The highest BCUT2D eigenvalue weighted by atomic mass is 32.1. The van der Waals surface area contributed by atoms with Crippen LogP contribution >= 0.6 is 11.3 Å². The standard InChI is InChI=1S/C18H31N3O3S/c1-3-21(4-2)18(23)13-20-9-7-19(8-10-20)12-16(22)14-24-15-17-6-5-11-25-17/h5-6,11,16,22H,3-4,7-10,12-15H2,1-2H3. The Hall–Kier alpha value is -0.990. The second kappa shape index (κ2) is 10.9. The Labute approximate surface area is 155 Å². The van der Waals surface area contributed by atoms with Crippen LogP contribution in [0.15, 0.2) is 17.5 Å². The van der Waals surface area contributed by atoms with Crippen LogP contribution in [0.2, 0.25) is 0 Å². The zero-order valence-electron chi connectivity index (χ0n) is 15.4. The second-order valence-corrected chi connectivity index (χ2v) is 7.42. The van der Waals surface area contributed by atoms with Crippen LogP contribution in [-0.4, -0.2) is 90.8 Å². The molecule has 0 spiro atoms. The van der Waals surface area contributed by atoms with E-state index >= 15 is 0 Å². The molecule has 0 radical (unpaired) electrons. The second-order valence-electron chi connectivity index (χ2n) is 6.39. The van der Waals surface area contributed by atoms with Gasteiger partial charge in [-0.2, -0.15) is 0 Å². The van der Waals surface area contributed by atoms with Crippen molar-refractivity contribution in [2.75, 3.05) is 59.0 Å². The molecule has 0 saturated carbocycles. The van der Waals surface area contributed by atoms with Gasteiger partial charge in [0.05, 0.1) is 25.9 Å². The Balaban J connectivity index is 1.60. The normalized spacial score (nSPS) is 17.6. The molecule has 1 atom stereocenters. The van der Waals surface area contributed by atoms with E-state index in [-0.39, 0.29) is 5.91 Å². The number of nitrogens with zero attached hydrogens (tertiary/aromatic N) is 3. The molecule has 1 aliphatic rings. The number of β-amino-alcohol motifs (C(OH)–C–C–N with tert-alkyl or cyclic N) is 1. The molecule has 2 heterocycles. The summed E-state index contributed by atoms with van der Waals surface area (Å²) in [5, 5.41) is 12.2. The highest BCUT2D eigenvalue weighted by molar-refractivity contribution is 7.09. The fourth-order valence-corrected chi connectivity index (χ4v) is 3.68. The smallest absolute Gasteiger partial charge is 0.236 e. The minimum atomic E-state index is -0.469. The van der Waals surface area contributed by atoms with E-state index in [0.29, 0.717) is 26.3 Å². The number of piperazine rings is 1. The average molecular weight is 370 g/mol. The van der Waals surface area contributed by atoms with Crippen LogP contribution in [0.1, 0.15) is 18.7 Å². The summed E-state index contributed by atoms with van der Waals surface area (Å²) in [4.78, 5) is 19.7. The van der Waals surface area contributed by atoms with E-state index < -0.39 is 6.10 Å². The van der Waals surface area contributed by atoms with Crippen LogP contribution in [0.3, 0.4) is 0 Å². The van der Waals surface area contributed by atoms with E-state index in [1.165, 1.54) is 4.88 Å². The summed E-state index contributed by atoms with van der Waals surface area (Å²) in [6.45, 7) is 11.1. The topological polar surface area (TPSA) is 56.3 Å². The molecule has 1 aliphatic heterocycles. The third kappa shape index (κ3) is 7.03. The zero-order chi connectivity index (χ0) is 18.1. The molecule has 2 rings (SSSR count). The number of likely N-dealkylation sites (N-methyl/N-ethyl adjacent to an activating group) is 1. The summed E-state index contributed by atoms with van der Waals surface area (Å²) in [6.07, 6.45) is -0.469. The lowest BCUT2D eigenvalue weighted by atomic mass is 10.2. The third-order valence-electron chi connectivity index (χ3n) is 4.54. The van der Waals surface area contributed by atoms with Crippen molar-refractivity contribution in [3.63, 3.8) is 0 Å². The van der Waals surface area contributed by atoms with Gasteiger partial charge in [0.15, 0.2) is 0 Å². The minimum Gasteiger partial charge on any atom is -0.389 e. The first kappa shape index (κ1) is 20.3. The van der Waals surface area contributed by atoms with E-state index in [1.807, 2.05) is 36.3 Å². The third-order valence-corrected chi connectivity index (χ3v) is 5.39. The lowest BCUT2D eigenvalue weighted by Gasteiger charge is -2.36. The van der Waals surface area contributed by atoms with Gasteiger partial charge in [0, 0.05) is 50.7 Å². The molecular formula is C18H31N3O3S. The summed E-state index contributed by atoms with van der Waals surface area (Å²) >= 11 is 1.67. The van der Waals surface area contributed by atoms with Gasteiger partial charge in [-0.25, -0.2) is 0 Å². The predicted molar refractivity (Wildman–Crippen MR) is 101 cm³/mol. The molecule has 1 aromatic rings. The number of carbonyl (C=O) groups is 1. The number of hydrogen-bond acceptors (Lipinski definition) is 6. The van der Waals surface area contributed by atoms with E-state index in [9.17, 15) is 9.90 Å². The molecule has 1 amide bonds. The molecule has 1 aromatic heterocycles. The number of ether oxygens (including phenoxy) is 1. The monoisotopic (exact) mass is 369 g/mol. The molecule has 1 saturated heterocycles. The molecule has 1 N–H and O–H groups in total. The van der Waals surface area contributed by atoms with Crippen molar-refractivity contribution in [3.05, 3.63) is 22.4 Å². The van der Waals surface area contributed by atoms with Gasteiger partial charge in [0.25, 0.3) is 0 Å². The number of amides is 1. The largest absolute Gasteiger partial charge is 0.389 e. The Morgan fingerprint density at radius 1 is 1.28 bits per heavy atom. The van der Waals surface area contributed by atoms with Crippen molar-refractivity contribution in [1.82, 2.24) is 14.7 Å². The van der Waals surface area contributed by atoms with Crippen LogP contribution in [0.4, 0.5) is 0 Å². The summed E-state index contributed by atoms with van der Waals surface area (Å²) in [7, 11) is 0. The van der Waals surface area contributed by atoms with Crippen LogP contribution in [0, 0.1) is 0 Å². The maximum atomic E-state index is 12.2. The maximum absolute atomic E-state index is 12.2. The van der Waals surface area contributed by atoms with Gasteiger partial charge in [0.2, 0.25) is 5.91 Å². The molecule has 0 aliphatic carbocycles. The predicted octanol–water partition coefficient (Wildman–Crippen LogP) is 1.11. The summed E-state index contributed by atoms with van der Waals surface area (Å²) in [5.41, 5.74) is 0. The highest BCUT2D eigenvalue weighted by Gasteiger charge is 2.22. The van der Waals surface area contributed by atoms with Gasteiger partial charge < -0.3 is 14.7 Å². The van der Waals surface area contributed by atoms with Crippen molar-refractivity contribution < 1.29 is 14.6 Å². The molecule has 0 bridgehead atoms. The SMILES string of the molecule is CCN(CC)C(=O)CN1CCN(CC(O)COCc2cccs2)CC1. The number of aliphatic hydroxyl groups is 1. The van der Waals surface area contributed by atoms with Crippen molar-refractivity contribution in [3.8, 4) is 0 Å². The molecule has 1 fully saturated rings. The summed E-state index contributed by atoms with van der Waals surface area (Å²) in [5.74, 6) is 0.209. The van der Waals surface area contributed by atoms with Crippen LogP contribution in [-0.2, 0) is 16.1 Å². The number of thiophene rings is 1. The molecule has 1 unspecified atom stereocenters. The summed E-state index contributed by atoms with van der Waals surface area (Å²) in [6, 6.07) is 4.04. The number of carbonyl (C=O) groups excluding carboxylic acids is 1. The van der Waals surface area contributed by atoms with Gasteiger partial charge >= 0.3 is 0 Å². The lowest BCUT2D eigenvalue weighted by molar-refractivity contribution is -0.132. The molecule has 25 heavy (non-hydrogen) atoms. The average Bonchev–Trinajstić information content (AvgIpc) is 3.11. The lowest BCUT2D eigenvalue weighted by Crippen LogP contribution is -2.51. The van der Waals surface area contributed by atoms with Crippen molar-refractivity contribution in [2.24, 2.45) is 0 Å². The van der Waals surface area contributed by atoms with Crippen molar-refractivity contribution in [1.29, 1.82) is 0 Å². The first-order valence-corrected chi connectivity index (χ1v) is 10.0. The number of aliphatic hydroxyl groups excluding tert-OH is 1. The van der Waals surface area contributed by atoms with Gasteiger partial charge in [-0.05, 0) is 25.3 Å². The first-order valence-electron chi connectivity index (χ1n) is 9.13. The number of rotatable bonds is 10. The Morgan fingerprint density at radius 3 is 2.56 bits per heavy atom. The Morgan fingerprint density at radius 2 is 1.96 bits per heavy atom. The van der Waals surface area contributed by atoms with Crippen LogP contribution in [0.5, 0.6) is 0 Å². The molecular weight excluding hydrogens is 338 g/mol. The summed E-state index contributed by atoms with van der Waals surface area (Å²) < 4.78 is 5.58. The number of hydrogen-bond donors (Lipinski definition) is 1. The van der Waals surface area contributed by atoms with Gasteiger partial charge in [-0.15, -0.1) is 11.3 Å². The van der Waals surface area contributed by atoms with Gasteiger partial charge in [-0.3, -0.25) is 14.6 Å².